The van der Waals surface area contributed by atoms with Gasteiger partial charge in [-0.15, -0.1) is 0 Å². The molecule has 1 aromatic carbocycles. The number of hydrogen-bond donors (Lipinski definition) is 0. The minimum absolute atomic E-state index is 0.241. The number of alkyl halides is 1. The second-order valence-corrected chi connectivity index (χ2v) is 8.35. The second kappa shape index (κ2) is 10.3. The number of benzene rings is 1. The van der Waals surface area contributed by atoms with Crippen molar-refractivity contribution in [1.82, 2.24) is 0 Å². The van der Waals surface area contributed by atoms with Crippen molar-refractivity contribution in [3.8, 4) is 0 Å². The largest absolute Gasteiger partial charge is 0.246 e. The molecule has 0 amide bonds. The average Bonchev–Trinajstić information content (AvgIpc) is 2.51. The molecule has 1 rings (SSSR count). The monoisotopic (exact) mass is 332 g/mol. The van der Waals surface area contributed by atoms with Gasteiger partial charge in [0.15, 0.2) is 0 Å². The van der Waals surface area contributed by atoms with E-state index in [0.717, 1.165) is 30.9 Å². The third-order valence-electron chi connectivity index (χ3n) is 4.27. The molecule has 0 saturated heterocycles. The molecule has 0 fully saturated rings. The first-order valence-corrected chi connectivity index (χ1v) is 9.98. The van der Waals surface area contributed by atoms with Crippen LogP contribution in [0, 0.1) is 23.5 Å². The molecule has 22 heavy (non-hydrogen) atoms. The summed E-state index contributed by atoms with van der Waals surface area (Å²) in [7, 11) is -1.25. The number of halogens is 3. The summed E-state index contributed by atoms with van der Waals surface area (Å²) in [4.78, 5) is 0. The maximum absolute atomic E-state index is 13.8. The molecule has 0 aromatic heterocycles. The summed E-state index contributed by atoms with van der Waals surface area (Å²) in [6.45, 7) is 6.50. The van der Waals surface area contributed by atoms with Crippen molar-refractivity contribution in [2.24, 2.45) is 11.8 Å². The molecule has 0 aliphatic rings. The van der Waals surface area contributed by atoms with E-state index in [2.05, 4.69) is 20.8 Å². The van der Waals surface area contributed by atoms with E-state index in [1.807, 2.05) is 0 Å². The van der Waals surface area contributed by atoms with Crippen molar-refractivity contribution in [2.75, 3.05) is 12.6 Å². The first-order chi connectivity index (χ1) is 10.5. The van der Waals surface area contributed by atoms with Gasteiger partial charge in [0.2, 0.25) is 0 Å². The van der Waals surface area contributed by atoms with E-state index in [9.17, 15) is 13.2 Å². The van der Waals surface area contributed by atoms with Crippen LogP contribution in [0.2, 0.25) is 0 Å². The van der Waals surface area contributed by atoms with E-state index in [1.54, 1.807) is 0 Å². The molecule has 4 heteroatoms. The molecule has 0 aliphatic carbocycles. The summed E-state index contributed by atoms with van der Waals surface area (Å²) in [6.07, 6.45) is 5.84. The van der Waals surface area contributed by atoms with Gasteiger partial charge in [-0.05, 0) is 44.1 Å². The molecule has 1 aromatic rings. The van der Waals surface area contributed by atoms with Crippen LogP contribution in [0.25, 0.3) is 0 Å². The van der Waals surface area contributed by atoms with Gasteiger partial charge in [0.05, 0.1) is 0 Å². The lowest BCUT2D eigenvalue weighted by atomic mass is 9.92. The Labute approximate surface area is 134 Å². The van der Waals surface area contributed by atoms with Gasteiger partial charge in [-0.2, -0.15) is 0 Å². The lowest BCUT2D eigenvalue weighted by molar-refractivity contribution is 0.389. The third-order valence-corrected chi connectivity index (χ3v) is 6.64. The minimum atomic E-state index is -1.25. The SMILES string of the molecule is CCCC(CC)CCC(C)CP(CF)c1cc(F)ccc1F. The molecule has 0 spiro atoms. The van der Waals surface area contributed by atoms with Crippen molar-refractivity contribution in [1.29, 1.82) is 0 Å². The van der Waals surface area contributed by atoms with E-state index >= 15 is 0 Å². The zero-order valence-corrected chi connectivity index (χ0v) is 14.8. The molecule has 0 saturated carbocycles. The quantitative estimate of drug-likeness (QED) is 0.445. The topological polar surface area (TPSA) is 0 Å². The fraction of sp³-hybridized carbons (Fsp3) is 0.667. The highest BCUT2D eigenvalue weighted by Crippen LogP contribution is 2.39. The Morgan fingerprint density at radius 1 is 1.09 bits per heavy atom. The molecule has 0 bridgehead atoms. The van der Waals surface area contributed by atoms with E-state index < -0.39 is 26.0 Å². The van der Waals surface area contributed by atoms with Crippen LogP contribution in [-0.2, 0) is 0 Å². The van der Waals surface area contributed by atoms with Crippen LogP contribution in [0.1, 0.15) is 52.9 Å². The van der Waals surface area contributed by atoms with Crippen molar-refractivity contribution in [3.05, 3.63) is 29.8 Å². The Hall–Kier alpha value is -0.560. The molecule has 3 atom stereocenters. The van der Waals surface area contributed by atoms with E-state index in [-0.39, 0.29) is 5.30 Å². The van der Waals surface area contributed by atoms with Gasteiger partial charge in [0, 0.05) is 5.30 Å². The Kier molecular flexibility index (Phi) is 9.09. The van der Waals surface area contributed by atoms with Crippen molar-refractivity contribution >= 4 is 13.2 Å². The standard InChI is InChI=1S/C18H28F3P/c1-4-6-15(5-2)8-7-14(3)12-22(13-19)18-11-16(20)9-10-17(18)21/h9-11,14-15H,4-8,12-13H2,1-3H3. The highest BCUT2D eigenvalue weighted by molar-refractivity contribution is 7.65. The lowest BCUT2D eigenvalue weighted by Crippen LogP contribution is -2.15. The van der Waals surface area contributed by atoms with Gasteiger partial charge >= 0.3 is 0 Å². The second-order valence-electron chi connectivity index (χ2n) is 6.18. The van der Waals surface area contributed by atoms with E-state index in [4.69, 9.17) is 0 Å². The first-order valence-electron chi connectivity index (χ1n) is 8.27. The summed E-state index contributed by atoms with van der Waals surface area (Å²) < 4.78 is 40.4. The Balaban J connectivity index is 2.60. The van der Waals surface area contributed by atoms with Crippen LogP contribution in [-0.4, -0.2) is 12.6 Å². The van der Waals surface area contributed by atoms with Crippen molar-refractivity contribution in [2.45, 2.75) is 52.9 Å². The van der Waals surface area contributed by atoms with Crippen LogP contribution in [0.4, 0.5) is 13.2 Å². The first kappa shape index (κ1) is 19.5. The van der Waals surface area contributed by atoms with E-state index in [1.165, 1.54) is 25.3 Å². The predicted octanol–water partition coefficient (Wildman–Crippen LogP) is 6.24. The van der Waals surface area contributed by atoms with Crippen molar-refractivity contribution < 1.29 is 13.2 Å². The Morgan fingerprint density at radius 3 is 2.41 bits per heavy atom. The highest BCUT2D eigenvalue weighted by Gasteiger charge is 2.19. The highest BCUT2D eigenvalue weighted by atomic mass is 31.1. The van der Waals surface area contributed by atoms with Crippen molar-refractivity contribution in [3.63, 3.8) is 0 Å². The molecule has 0 radical (unpaired) electrons. The smallest absolute Gasteiger partial charge is 0.131 e. The normalized spacial score (nSPS) is 15.5. The van der Waals surface area contributed by atoms with Gasteiger partial charge in [0.25, 0.3) is 0 Å². The maximum atomic E-state index is 13.8. The van der Waals surface area contributed by atoms with Crippen LogP contribution < -0.4 is 5.30 Å². The van der Waals surface area contributed by atoms with Gasteiger partial charge in [-0.3, -0.25) is 0 Å². The van der Waals surface area contributed by atoms with Crippen LogP contribution in [0.5, 0.6) is 0 Å². The fourth-order valence-electron chi connectivity index (χ4n) is 2.89. The fourth-order valence-corrected chi connectivity index (χ4v) is 4.93. The van der Waals surface area contributed by atoms with Gasteiger partial charge < -0.3 is 0 Å². The number of rotatable bonds is 10. The predicted molar refractivity (Wildman–Crippen MR) is 90.8 cm³/mol. The molecular weight excluding hydrogens is 304 g/mol. The van der Waals surface area contributed by atoms with Gasteiger partial charge in [-0.1, -0.05) is 52.9 Å². The van der Waals surface area contributed by atoms with Gasteiger partial charge in [-0.25, -0.2) is 13.2 Å². The molecule has 3 unspecified atom stereocenters. The maximum Gasteiger partial charge on any atom is 0.131 e. The molecule has 0 nitrogen and oxygen atoms in total. The summed E-state index contributed by atoms with van der Waals surface area (Å²) in [5, 5.41) is 0.241. The zero-order valence-electron chi connectivity index (χ0n) is 13.9. The van der Waals surface area contributed by atoms with Crippen LogP contribution >= 0.6 is 7.92 Å². The average molecular weight is 332 g/mol. The van der Waals surface area contributed by atoms with Gasteiger partial charge in [0.1, 0.15) is 18.1 Å². The summed E-state index contributed by atoms with van der Waals surface area (Å²) in [6, 6.07) is 3.36. The summed E-state index contributed by atoms with van der Waals surface area (Å²) >= 11 is 0. The zero-order chi connectivity index (χ0) is 16.5. The molecular formula is C18H28F3P. The van der Waals surface area contributed by atoms with Crippen LogP contribution in [0.15, 0.2) is 18.2 Å². The Morgan fingerprint density at radius 2 is 1.82 bits per heavy atom. The Bertz CT molecular complexity index is 436. The third kappa shape index (κ3) is 6.28. The summed E-state index contributed by atoms with van der Waals surface area (Å²) in [5.74, 6) is 0.110. The van der Waals surface area contributed by atoms with E-state index in [0.29, 0.717) is 12.1 Å². The van der Waals surface area contributed by atoms with Crippen LogP contribution in [0.3, 0.4) is 0 Å². The minimum Gasteiger partial charge on any atom is -0.246 e. The molecule has 0 aliphatic heterocycles. The molecule has 0 heterocycles. The molecule has 0 N–H and O–H groups in total. The number of hydrogen-bond acceptors (Lipinski definition) is 0. The lowest BCUT2D eigenvalue weighted by Gasteiger charge is -2.22. The molecule has 126 valence electrons. The summed E-state index contributed by atoms with van der Waals surface area (Å²) in [5.41, 5.74) is 0.